The van der Waals surface area contributed by atoms with Crippen molar-refractivity contribution in [3.63, 3.8) is 0 Å². The highest BCUT2D eigenvalue weighted by molar-refractivity contribution is 5.89. The topological polar surface area (TPSA) is 76.1 Å². The summed E-state index contributed by atoms with van der Waals surface area (Å²) in [6.45, 7) is 6.21. The number of benzene rings is 2. The number of methoxy groups -OCH3 is 1. The van der Waals surface area contributed by atoms with E-state index in [2.05, 4.69) is 53.5 Å². The number of nitrogens with one attached hydrogen (secondary N) is 2. The predicted molar refractivity (Wildman–Crippen MR) is 107 cm³/mol. The number of ether oxygens (including phenoxy) is 1. The number of hydrogen-bond donors (Lipinski definition) is 2. The molecule has 3 aromatic rings. The minimum absolute atomic E-state index is 0.362. The van der Waals surface area contributed by atoms with Crippen molar-refractivity contribution in [1.82, 2.24) is 9.97 Å². The van der Waals surface area contributed by atoms with Crippen LogP contribution in [0.15, 0.2) is 48.7 Å². The van der Waals surface area contributed by atoms with Gasteiger partial charge < -0.3 is 15.4 Å². The number of aromatic nitrogens is 2. The molecule has 1 heterocycles. The SMILES string of the molecule is COC(=O)c1ccc(Nc2ccnc(Nc3c(C)cc(C)cc3C)n2)cc1. The fraction of sp³-hybridized carbons (Fsp3) is 0.190. The zero-order valence-electron chi connectivity index (χ0n) is 15.8. The standard InChI is InChI=1S/C21H22N4O2/c1-13-11-14(2)19(15(3)12-13)25-21-22-10-9-18(24-21)23-17-7-5-16(6-8-17)20(26)27-4/h5-12H,1-4H3,(H2,22,23,24,25). The van der Waals surface area contributed by atoms with E-state index in [0.29, 0.717) is 17.3 Å². The van der Waals surface area contributed by atoms with E-state index < -0.39 is 0 Å². The molecule has 0 fully saturated rings. The molecule has 0 spiro atoms. The number of nitrogens with zero attached hydrogens (tertiary/aromatic N) is 2. The Morgan fingerprint density at radius 1 is 0.963 bits per heavy atom. The van der Waals surface area contributed by atoms with E-state index in [1.54, 1.807) is 36.5 Å². The highest BCUT2D eigenvalue weighted by Gasteiger charge is 2.08. The van der Waals surface area contributed by atoms with Gasteiger partial charge in [0.05, 0.1) is 12.7 Å². The van der Waals surface area contributed by atoms with E-state index >= 15 is 0 Å². The van der Waals surface area contributed by atoms with E-state index in [1.807, 2.05) is 0 Å². The van der Waals surface area contributed by atoms with E-state index in [4.69, 9.17) is 4.74 Å². The molecule has 0 saturated carbocycles. The van der Waals surface area contributed by atoms with Crippen LogP contribution >= 0.6 is 0 Å². The van der Waals surface area contributed by atoms with Gasteiger partial charge in [0, 0.05) is 17.6 Å². The molecule has 0 aliphatic rings. The van der Waals surface area contributed by atoms with Gasteiger partial charge in [0.1, 0.15) is 5.82 Å². The summed E-state index contributed by atoms with van der Waals surface area (Å²) in [6, 6.07) is 13.0. The fourth-order valence-corrected chi connectivity index (χ4v) is 2.93. The number of rotatable bonds is 5. The third-order valence-corrected chi connectivity index (χ3v) is 4.15. The molecule has 138 valence electrons. The molecule has 27 heavy (non-hydrogen) atoms. The molecule has 0 radical (unpaired) electrons. The number of carbonyl (C=O) groups is 1. The minimum atomic E-state index is -0.362. The van der Waals surface area contributed by atoms with Crippen LogP contribution < -0.4 is 10.6 Å². The van der Waals surface area contributed by atoms with Crippen LogP contribution in [-0.4, -0.2) is 23.0 Å². The molecule has 0 bridgehead atoms. The number of anilines is 4. The van der Waals surface area contributed by atoms with Crippen molar-refractivity contribution in [2.75, 3.05) is 17.7 Å². The van der Waals surface area contributed by atoms with Crippen LogP contribution in [0.2, 0.25) is 0 Å². The lowest BCUT2D eigenvalue weighted by atomic mass is 10.1. The third-order valence-electron chi connectivity index (χ3n) is 4.15. The highest BCUT2D eigenvalue weighted by Crippen LogP contribution is 2.25. The molecular weight excluding hydrogens is 340 g/mol. The van der Waals surface area contributed by atoms with Gasteiger partial charge >= 0.3 is 5.97 Å². The van der Waals surface area contributed by atoms with Gasteiger partial charge in [-0.25, -0.2) is 9.78 Å². The van der Waals surface area contributed by atoms with E-state index in [9.17, 15) is 4.79 Å². The van der Waals surface area contributed by atoms with Crippen LogP contribution in [0.25, 0.3) is 0 Å². The van der Waals surface area contributed by atoms with Gasteiger partial charge in [0.15, 0.2) is 0 Å². The van der Waals surface area contributed by atoms with Gasteiger partial charge in [-0.1, -0.05) is 17.7 Å². The van der Waals surface area contributed by atoms with Crippen LogP contribution in [0, 0.1) is 20.8 Å². The summed E-state index contributed by atoms with van der Waals surface area (Å²) in [5.41, 5.74) is 5.84. The second-order valence-corrected chi connectivity index (χ2v) is 6.36. The van der Waals surface area contributed by atoms with E-state index in [-0.39, 0.29) is 5.97 Å². The zero-order valence-corrected chi connectivity index (χ0v) is 15.8. The van der Waals surface area contributed by atoms with Crippen LogP contribution in [-0.2, 0) is 4.74 Å². The van der Waals surface area contributed by atoms with Crippen LogP contribution in [0.4, 0.5) is 23.1 Å². The molecule has 1 aromatic heterocycles. The molecule has 2 aromatic carbocycles. The second-order valence-electron chi connectivity index (χ2n) is 6.36. The average molecular weight is 362 g/mol. The van der Waals surface area contributed by atoms with Gasteiger partial charge in [-0.15, -0.1) is 0 Å². The van der Waals surface area contributed by atoms with Crippen molar-refractivity contribution in [1.29, 1.82) is 0 Å². The molecular formula is C21H22N4O2. The molecule has 0 unspecified atom stereocenters. The minimum Gasteiger partial charge on any atom is -0.465 e. The van der Waals surface area contributed by atoms with Crippen LogP contribution in [0.5, 0.6) is 0 Å². The summed E-state index contributed by atoms with van der Waals surface area (Å²) >= 11 is 0. The highest BCUT2D eigenvalue weighted by atomic mass is 16.5. The van der Waals surface area contributed by atoms with Gasteiger partial charge in [-0.05, 0) is 62.2 Å². The van der Waals surface area contributed by atoms with Crippen molar-refractivity contribution in [3.05, 3.63) is 70.9 Å². The third kappa shape index (κ3) is 4.41. The Balaban J connectivity index is 1.77. The Morgan fingerprint density at radius 2 is 1.63 bits per heavy atom. The van der Waals surface area contributed by atoms with Crippen molar-refractivity contribution < 1.29 is 9.53 Å². The van der Waals surface area contributed by atoms with Crippen LogP contribution in [0.1, 0.15) is 27.0 Å². The first-order chi connectivity index (χ1) is 13.0. The first-order valence-corrected chi connectivity index (χ1v) is 8.59. The maximum Gasteiger partial charge on any atom is 0.337 e. The quantitative estimate of drug-likeness (QED) is 0.642. The maximum atomic E-state index is 11.5. The molecule has 2 N–H and O–H groups in total. The van der Waals surface area contributed by atoms with Gasteiger partial charge in [-0.2, -0.15) is 4.98 Å². The summed E-state index contributed by atoms with van der Waals surface area (Å²) in [4.78, 5) is 20.3. The summed E-state index contributed by atoms with van der Waals surface area (Å²) in [5, 5.41) is 6.51. The molecule has 6 nitrogen and oxygen atoms in total. The Morgan fingerprint density at radius 3 is 2.26 bits per heavy atom. The summed E-state index contributed by atoms with van der Waals surface area (Å²) in [7, 11) is 1.36. The van der Waals surface area contributed by atoms with Crippen molar-refractivity contribution in [2.24, 2.45) is 0 Å². The molecule has 6 heteroatoms. The lowest BCUT2D eigenvalue weighted by Crippen LogP contribution is -2.03. The van der Waals surface area contributed by atoms with Gasteiger partial charge in [0.25, 0.3) is 0 Å². The number of hydrogen-bond acceptors (Lipinski definition) is 6. The van der Waals surface area contributed by atoms with E-state index in [0.717, 1.165) is 22.5 Å². The lowest BCUT2D eigenvalue weighted by molar-refractivity contribution is 0.0601. The first kappa shape index (κ1) is 18.4. The van der Waals surface area contributed by atoms with Crippen molar-refractivity contribution >= 4 is 29.1 Å². The largest absolute Gasteiger partial charge is 0.465 e. The smallest absolute Gasteiger partial charge is 0.337 e. The van der Waals surface area contributed by atoms with Crippen molar-refractivity contribution in [3.8, 4) is 0 Å². The van der Waals surface area contributed by atoms with Gasteiger partial charge in [-0.3, -0.25) is 0 Å². The monoisotopic (exact) mass is 362 g/mol. The molecule has 0 aliphatic heterocycles. The predicted octanol–water partition coefficient (Wildman–Crippen LogP) is 4.68. The normalized spacial score (nSPS) is 10.4. The Hall–Kier alpha value is -3.41. The second kappa shape index (κ2) is 7.86. The molecule has 0 atom stereocenters. The van der Waals surface area contributed by atoms with Gasteiger partial charge in [0.2, 0.25) is 5.95 Å². The lowest BCUT2D eigenvalue weighted by Gasteiger charge is -2.13. The Kier molecular flexibility index (Phi) is 5.35. The van der Waals surface area contributed by atoms with Crippen LogP contribution in [0.3, 0.4) is 0 Å². The summed E-state index contributed by atoms with van der Waals surface area (Å²) < 4.78 is 4.71. The number of aryl methyl sites for hydroxylation is 3. The number of carbonyl (C=O) groups excluding carboxylic acids is 1. The summed E-state index contributed by atoms with van der Waals surface area (Å²) in [6.07, 6.45) is 1.69. The van der Waals surface area contributed by atoms with E-state index in [1.165, 1.54) is 12.7 Å². The molecule has 3 rings (SSSR count). The molecule has 0 aliphatic carbocycles. The first-order valence-electron chi connectivity index (χ1n) is 8.59. The fourth-order valence-electron chi connectivity index (χ4n) is 2.93. The van der Waals surface area contributed by atoms with Crippen molar-refractivity contribution in [2.45, 2.75) is 20.8 Å². The molecule has 0 saturated heterocycles. The Bertz CT molecular complexity index is 945. The molecule has 0 amide bonds. The average Bonchev–Trinajstić information content (AvgIpc) is 2.65. The zero-order chi connectivity index (χ0) is 19.4. The Labute approximate surface area is 158 Å². The summed E-state index contributed by atoms with van der Waals surface area (Å²) in [5.74, 6) is 0.806. The maximum absolute atomic E-state index is 11.5. The number of esters is 1.